The maximum Gasteiger partial charge on any atom is 0.261 e. The number of nitrogens with two attached hydrogens (primary N) is 1. The van der Waals surface area contributed by atoms with Gasteiger partial charge < -0.3 is 20.7 Å². The number of likely N-dealkylation sites (N-methyl/N-ethyl adjacent to an activating group) is 1. The molecule has 114 valence electrons. The third kappa shape index (κ3) is 4.70. The Kier molecular flexibility index (Phi) is 5.55. The quantitative estimate of drug-likeness (QED) is 0.604. The average Bonchev–Trinajstić information content (AvgIpc) is 2.85. The predicted octanol–water partition coefficient (Wildman–Crippen LogP) is 1.79. The van der Waals surface area contributed by atoms with Crippen LogP contribution in [0, 0.1) is 0 Å². The molecule has 1 amide bonds. The summed E-state index contributed by atoms with van der Waals surface area (Å²) in [4.78, 5) is 14.8. The summed E-state index contributed by atoms with van der Waals surface area (Å²) in [7, 11) is 4.00. The number of rotatable bonds is 7. The largest absolute Gasteiger partial charge is 0.399 e. The number of carbonyl (C=O) groups is 1. The van der Waals surface area contributed by atoms with Crippen molar-refractivity contribution >= 4 is 33.0 Å². The van der Waals surface area contributed by atoms with Crippen LogP contribution in [0.2, 0.25) is 0 Å². The smallest absolute Gasteiger partial charge is 0.261 e. The average molecular weight is 307 g/mol. The Labute approximate surface area is 128 Å². The zero-order chi connectivity index (χ0) is 15.2. The van der Waals surface area contributed by atoms with Crippen LogP contribution in [0.5, 0.6) is 0 Å². The van der Waals surface area contributed by atoms with Gasteiger partial charge in [0.15, 0.2) is 0 Å². The second-order valence-electron chi connectivity index (χ2n) is 5.08. The van der Waals surface area contributed by atoms with Gasteiger partial charge in [0.05, 0.1) is 18.1 Å². The fourth-order valence-electron chi connectivity index (χ4n) is 1.85. The molecule has 6 heteroatoms. The molecule has 0 atom stereocenters. The Morgan fingerprint density at radius 1 is 1.33 bits per heavy atom. The second-order valence-corrected chi connectivity index (χ2v) is 6.16. The number of fused-ring (bicyclic) bond motifs is 1. The van der Waals surface area contributed by atoms with Crippen molar-refractivity contribution in [3.63, 3.8) is 0 Å². The second kappa shape index (κ2) is 7.40. The van der Waals surface area contributed by atoms with Crippen LogP contribution < -0.4 is 11.1 Å². The van der Waals surface area contributed by atoms with Crippen molar-refractivity contribution in [3.05, 3.63) is 29.1 Å². The number of anilines is 1. The first-order valence-electron chi connectivity index (χ1n) is 6.86. The third-order valence-electron chi connectivity index (χ3n) is 2.98. The highest BCUT2D eigenvalue weighted by molar-refractivity contribution is 7.20. The van der Waals surface area contributed by atoms with E-state index >= 15 is 0 Å². The van der Waals surface area contributed by atoms with E-state index in [0.717, 1.165) is 16.6 Å². The molecule has 1 aromatic carbocycles. The number of amides is 1. The lowest BCUT2D eigenvalue weighted by Crippen LogP contribution is -2.27. The van der Waals surface area contributed by atoms with E-state index in [1.54, 1.807) is 0 Å². The van der Waals surface area contributed by atoms with Crippen LogP contribution in [0.4, 0.5) is 5.69 Å². The standard InChI is InChI=1S/C15H21N3O2S/c1-18(2)6-8-20-7-5-17-15(19)14-10-11-9-12(16)3-4-13(11)21-14/h3-4,9-10H,5-8,16H2,1-2H3,(H,17,19). The minimum atomic E-state index is -0.0639. The molecule has 0 unspecified atom stereocenters. The van der Waals surface area contributed by atoms with Crippen molar-refractivity contribution in [2.75, 3.05) is 46.1 Å². The molecule has 0 aliphatic carbocycles. The highest BCUT2D eigenvalue weighted by Crippen LogP contribution is 2.27. The molecule has 0 saturated heterocycles. The number of thiophene rings is 1. The first-order chi connectivity index (χ1) is 10.1. The third-order valence-corrected chi connectivity index (χ3v) is 4.09. The predicted molar refractivity (Wildman–Crippen MR) is 87.9 cm³/mol. The Hall–Kier alpha value is -1.63. The lowest BCUT2D eigenvalue weighted by molar-refractivity contribution is 0.0904. The zero-order valence-electron chi connectivity index (χ0n) is 12.4. The summed E-state index contributed by atoms with van der Waals surface area (Å²) in [6.07, 6.45) is 0. The molecule has 5 nitrogen and oxygen atoms in total. The molecule has 2 aromatic rings. The molecule has 0 aliphatic rings. The van der Waals surface area contributed by atoms with E-state index in [-0.39, 0.29) is 5.91 Å². The fourth-order valence-corrected chi connectivity index (χ4v) is 2.81. The van der Waals surface area contributed by atoms with Crippen LogP contribution in [-0.4, -0.2) is 51.2 Å². The Balaban J connectivity index is 1.79. The Bertz CT molecular complexity index is 610. The Morgan fingerprint density at radius 2 is 2.14 bits per heavy atom. The topological polar surface area (TPSA) is 67.6 Å². The molecule has 0 aliphatic heterocycles. The summed E-state index contributed by atoms with van der Waals surface area (Å²) < 4.78 is 6.50. The van der Waals surface area contributed by atoms with Gasteiger partial charge in [0.2, 0.25) is 0 Å². The number of nitrogens with zero attached hydrogens (tertiary/aromatic N) is 1. The van der Waals surface area contributed by atoms with E-state index in [1.807, 2.05) is 38.4 Å². The normalized spacial score (nSPS) is 11.2. The number of carbonyl (C=O) groups excluding carboxylic acids is 1. The van der Waals surface area contributed by atoms with Crippen LogP contribution >= 0.6 is 11.3 Å². The van der Waals surface area contributed by atoms with Crippen molar-refractivity contribution < 1.29 is 9.53 Å². The molecule has 2 rings (SSSR count). The van der Waals surface area contributed by atoms with Crippen molar-refractivity contribution in [1.29, 1.82) is 0 Å². The van der Waals surface area contributed by atoms with Gasteiger partial charge in [-0.3, -0.25) is 4.79 Å². The lowest BCUT2D eigenvalue weighted by Gasteiger charge is -2.09. The lowest BCUT2D eigenvalue weighted by atomic mass is 10.2. The van der Waals surface area contributed by atoms with E-state index in [4.69, 9.17) is 10.5 Å². The molecule has 1 heterocycles. The van der Waals surface area contributed by atoms with Gasteiger partial charge in [-0.2, -0.15) is 0 Å². The molecular weight excluding hydrogens is 286 g/mol. The highest BCUT2D eigenvalue weighted by atomic mass is 32.1. The van der Waals surface area contributed by atoms with Crippen molar-refractivity contribution in [3.8, 4) is 0 Å². The number of hydrogen-bond acceptors (Lipinski definition) is 5. The summed E-state index contributed by atoms with van der Waals surface area (Å²) >= 11 is 1.47. The van der Waals surface area contributed by atoms with Crippen molar-refractivity contribution in [2.45, 2.75) is 0 Å². The number of nitrogens with one attached hydrogen (secondary N) is 1. The van der Waals surface area contributed by atoms with Gasteiger partial charge in [-0.25, -0.2) is 0 Å². The molecule has 0 spiro atoms. The van der Waals surface area contributed by atoms with Crippen LogP contribution in [-0.2, 0) is 4.74 Å². The van der Waals surface area contributed by atoms with E-state index in [2.05, 4.69) is 10.2 Å². The maximum atomic E-state index is 12.0. The van der Waals surface area contributed by atoms with Crippen LogP contribution in [0.15, 0.2) is 24.3 Å². The number of benzene rings is 1. The van der Waals surface area contributed by atoms with Crippen LogP contribution in [0.1, 0.15) is 9.67 Å². The molecule has 0 saturated carbocycles. The van der Waals surface area contributed by atoms with Gasteiger partial charge in [0.1, 0.15) is 0 Å². The molecular formula is C15H21N3O2S. The minimum absolute atomic E-state index is 0.0639. The number of hydrogen-bond donors (Lipinski definition) is 2. The number of nitrogen functional groups attached to an aromatic ring is 1. The summed E-state index contributed by atoms with van der Waals surface area (Å²) in [6, 6.07) is 7.54. The molecule has 0 fully saturated rings. The van der Waals surface area contributed by atoms with Gasteiger partial charge >= 0.3 is 0 Å². The monoisotopic (exact) mass is 307 g/mol. The van der Waals surface area contributed by atoms with Crippen LogP contribution in [0.3, 0.4) is 0 Å². The van der Waals surface area contributed by atoms with E-state index in [1.165, 1.54) is 11.3 Å². The van der Waals surface area contributed by atoms with E-state index in [9.17, 15) is 4.79 Å². The summed E-state index contributed by atoms with van der Waals surface area (Å²) in [5.74, 6) is -0.0639. The van der Waals surface area contributed by atoms with Gasteiger partial charge in [0, 0.05) is 23.5 Å². The molecule has 21 heavy (non-hydrogen) atoms. The van der Waals surface area contributed by atoms with Gasteiger partial charge in [0.25, 0.3) is 5.91 Å². The van der Waals surface area contributed by atoms with E-state index in [0.29, 0.717) is 30.3 Å². The van der Waals surface area contributed by atoms with Gasteiger partial charge in [-0.05, 0) is 43.7 Å². The van der Waals surface area contributed by atoms with Crippen LogP contribution in [0.25, 0.3) is 10.1 Å². The molecule has 3 N–H and O–H groups in total. The summed E-state index contributed by atoms with van der Waals surface area (Å²) in [6.45, 7) is 2.59. The highest BCUT2D eigenvalue weighted by Gasteiger charge is 2.09. The molecule has 0 radical (unpaired) electrons. The first kappa shape index (κ1) is 15.8. The summed E-state index contributed by atoms with van der Waals surface area (Å²) in [5.41, 5.74) is 6.45. The number of ether oxygens (including phenoxy) is 1. The Morgan fingerprint density at radius 3 is 2.90 bits per heavy atom. The molecule has 1 aromatic heterocycles. The van der Waals surface area contributed by atoms with E-state index < -0.39 is 0 Å². The fraction of sp³-hybridized carbons (Fsp3) is 0.400. The minimum Gasteiger partial charge on any atom is -0.399 e. The zero-order valence-corrected chi connectivity index (χ0v) is 13.2. The maximum absolute atomic E-state index is 12.0. The summed E-state index contributed by atoms with van der Waals surface area (Å²) in [5, 5.41) is 3.87. The van der Waals surface area contributed by atoms with Crippen molar-refractivity contribution in [1.82, 2.24) is 10.2 Å². The van der Waals surface area contributed by atoms with Gasteiger partial charge in [-0.1, -0.05) is 0 Å². The molecule has 0 bridgehead atoms. The first-order valence-corrected chi connectivity index (χ1v) is 7.67. The SMILES string of the molecule is CN(C)CCOCCNC(=O)c1cc2cc(N)ccc2s1. The van der Waals surface area contributed by atoms with Gasteiger partial charge in [-0.15, -0.1) is 11.3 Å². The van der Waals surface area contributed by atoms with Crippen molar-refractivity contribution in [2.24, 2.45) is 0 Å².